The zero-order valence-corrected chi connectivity index (χ0v) is 68.0. The maximum atomic E-state index is 13.1. The maximum absolute atomic E-state index is 13.1. The summed E-state index contributed by atoms with van der Waals surface area (Å²) in [7, 11) is -9.92. The molecule has 0 aliphatic heterocycles. The Hall–Kier alpha value is -1.94. The zero-order chi connectivity index (χ0) is 74.2. The number of ether oxygens (including phenoxy) is 4. The predicted molar refractivity (Wildman–Crippen MR) is 414 cm³/mol. The first-order chi connectivity index (χ1) is 48.9. The highest BCUT2D eigenvalue weighted by molar-refractivity contribution is 7.47. The van der Waals surface area contributed by atoms with Gasteiger partial charge in [-0.2, -0.15) is 0 Å². The van der Waals surface area contributed by atoms with Gasteiger partial charge in [-0.05, 0) is 37.5 Å². The fraction of sp³-hybridized carbons (Fsp3) is 0.951. The Kier molecular flexibility index (Phi) is 72.2. The van der Waals surface area contributed by atoms with Gasteiger partial charge in [0.05, 0.1) is 26.4 Å². The third-order valence-corrected chi connectivity index (χ3v) is 21.5. The van der Waals surface area contributed by atoms with E-state index in [1.54, 1.807) is 0 Å². The second kappa shape index (κ2) is 73.6. The lowest BCUT2D eigenvalue weighted by atomic mass is 10.00. The number of esters is 4. The van der Waals surface area contributed by atoms with Crippen molar-refractivity contribution in [2.45, 2.75) is 452 Å². The number of carbonyl (C=O) groups is 4. The number of rotatable bonds is 81. The van der Waals surface area contributed by atoms with Crippen LogP contribution in [0.1, 0.15) is 433 Å². The Morgan fingerprint density at radius 3 is 0.752 bits per heavy atom. The molecular weight excluding hydrogens is 1320 g/mol. The average Bonchev–Trinajstić information content (AvgIpc) is 0.927. The van der Waals surface area contributed by atoms with Crippen LogP contribution in [0.2, 0.25) is 0 Å². The molecule has 0 rings (SSSR count). The van der Waals surface area contributed by atoms with Crippen molar-refractivity contribution >= 4 is 39.5 Å². The normalized spacial score (nSPS) is 14.2. The molecule has 0 amide bonds. The minimum atomic E-state index is -4.96. The number of unbranched alkanes of at least 4 members (excludes halogenated alkanes) is 50. The van der Waals surface area contributed by atoms with Crippen LogP contribution in [0.3, 0.4) is 0 Å². The lowest BCUT2D eigenvalue weighted by Crippen LogP contribution is -2.30. The highest BCUT2D eigenvalue weighted by Gasteiger charge is 2.30. The van der Waals surface area contributed by atoms with Crippen LogP contribution in [0, 0.1) is 11.8 Å². The van der Waals surface area contributed by atoms with Gasteiger partial charge < -0.3 is 33.8 Å². The van der Waals surface area contributed by atoms with Gasteiger partial charge in [-0.25, -0.2) is 9.13 Å². The van der Waals surface area contributed by atoms with Crippen molar-refractivity contribution in [3.8, 4) is 0 Å². The monoisotopic (exact) mass is 1480 g/mol. The molecule has 600 valence electrons. The van der Waals surface area contributed by atoms with Gasteiger partial charge >= 0.3 is 39.5 Å². The zero-order valence-electron chi connectivity index (χ0n) is 66.2. The lowest BCUT2D eigenvalue weighted by molar-refractivity contribution is -0.161. The van der Waals surface area contributed by atoms with Crippen molar-refractivity contribution in [3.63, 3.8) is 0 Å². The van der Waals surface area contributed by atoms with Gasteiger partial charge in [-0.3, -0.25) is 37.3 Å². The molecule has 0 aromatic carbocycles. The van der Waals surface area contributed by atoms with E-state index in [0.29, 0.717) is 25.7 Å². The number of carbonyl (C=O) groups excluding carboxylic acids is 4. The largest absolute Gasteiger partial charge is 0.472 e. The predicted octanol–water partition coefficient (Wildman–Crippen LogP) is 24.7. The molecule has 0 saturated heterocycles. The molecule has 0 aliphatic carbocycles. The first kappa shape index (κ1) is 99.1. The molecular formula is C82H160O17P2. The second-order valence-corrected chi connectivity index (χ2v) is 33.1. The molecule has 0 radical (unpaired) electrons. The van der Waals surface area contributed by atoms with Crippen LogP contribution < -0.4 is 0 Å². The van der Waals surface area contributed by atoms with Gasteiger partial charge in [0.25, 0.3) is 0 Å². The molecule has 3 N–H and O–H groups in total. The van der Waals surface area contributed by atoms with Gasteiger partial charge in [0.15, 0.2) is 12.2 Å². The molecule has 101 heavy (non-hydrogen) atoms. The SMILES string of the molecule is CCCCCCCCCCCCCCCCCCCCCCCC(=O)O[C@H](COC(=O)CCCCCCCCCCCCCCCCCCC(C)C)COP(=O)(O)OC[C@@H](O)COP(=O)(O)OC[C@@H](COC(=O)CCCCCCCCC(C)CC)OC(=O)CCCCCCCCCCCCC. The number of aliphatic hydroxyl groups excluding tert-OH is 1. The number of aliphatic hydroxyl groups is 1. The highest BCUT2D eigenvalue weighted by atomic mass is 31.2. The van der Waals surface area contributed by atoms with Crippen LogP contribution >= 0.6 is 15.6 Å². The van der Waals surface area contributed by atoms with Crippen molar-refractivity contribution in [3.05, 3.63) is 0 Å². The fourth-order valence-electron chi connectivity index (χ4n) is 12.7. The quantitative estimate of drug-likeness (QED) is 0.0222. The van der Waals surface area contributed by atoms with Crippen LogP contribution in [-0.4, -0.2) is 96.7 Å². The smallest absolute Gasteiger partial charge is 0.462 e. The summed E-state index contributed by atoms with van der Waals surface area (Å²) in [6.07, 6.45) is 64.0. The van der Waals surface area contributed by atoms with E-state index in [4.69, 9.17) is 37.0 Å². The Morgan fingerprint density at radius 1 is 0.287 bits per heavy atom. The molecule has 0 fully saturated rings. The average molecular weight is 1480 g/mol. The lowest BCUT2D eigenvalue weighted by Gasteiger charge is -2.21. The third-order valence-electron chi connectivity index (χ3n) is 19.6. The molecule has 19 heteroatoms. The van der Waals surface area contributed by atoms with E-state index in [9.17, 15) is 43.2 Å². The van der Waals surface area contributed by atoms with Crippen LogP contribution in [0.5, 0.6) is 0 Å². The molecule has 0 bridgehead atoms. The summed E-state index contributed by atoms with van der Waals surface area (Å²) in [5.74, 6) is -0.566. The van der Waals surface area contributed by atoms with E-state index >= 15 is 0 Å². The van der Waals surface area contributed by atoms with Gasteiger partial charge in [-0.1, -0.05) is 382 Å². The second-order valence-electron chi connectivity index (χ2n) is 30.2. The van der Waals surface area contributed by atoms with Gasteiger partial charge in [0, 0.05) is 25.7 Å². The number of hydrogen-bond acceptors (Lipinski definition) is 15. The van der Waals surface area contributed by atoms with Gasteiger partial charge in [-0.15, -0.1) is 0 Å². The molecule has 0 heterocycles. The van der Waals surface area contributed by atoms with Crippen LogP contribution in [0.4, 0.5) is 0 Å². The summed E-state index contributed by atoms with van der Waals surface area (Å²) in [6.45, 7) is 9.62. The van der Waals surface area contributed by atoms with Crippen LogP contribution in [-0.2, 0) is 65.4 Å². The number of hydrogen-bond donors (Lipinski definition) is 3. The van der Waals surface area contributed by atoms with Crippen molar-refractivity contribution in [1.82, 2.24) is 0 Å². The Bertz CT molecular complexity index is 1940. The van der Waals surface area contributed by atoms with E-state index in [2.05, 4.69) is 41.5 Å². The summed E-state index contributed by atoms with van der Waals surface area (Å²) >= 11 is 0. The molecule has 17 nitrogen and oxygen atoms in total. The number of phosphoric ester groups is 2. The van der Waals surface area contributed by atoms with Crippen molar-refractivity contribution in [2.75, 3.05) is 39.6 Å². The standard InChI is InChI=1S/C82H160O17P2/c1-7-10-12-14-16-18-20-21-22-23-24-25-26-27-32-35-39-43-47-55-61-67-82(87)98-77(70-92-79(84)64-58-52-45-41-38-34-31-29-28-30-33-37-40-44-50-56-62-74(4)5)72-96-100(88,89)94-68-76(83)69-95-101(90,91)97-73-78(71-93-80(85)65-59-53-49-48-51-57-63-75(6)9-3)99-81(86)66-60-54-46-42-36-19-17-15-13-11-8-2/h74-78,83H,7-73H2,1-6H3,(H,88,89)(H,90,91)/t75?,76-,77-,78-/m1/s1. The summed E-state index contributed by atoms with van der Waals surface area (Å²) in [6, 6.07) is 0. The Balaban J connectivity index is 5.20. The van der Waals surface area contributed by atoms with E-state index < -0.39 is 97.5 Å². The molecule has 0 spiro atoms. The van der Waals surface area contributed by atoms with Gasteiger partial charge in [0.1, 0.15) is 19.3 Å². The molecule has 0 aliphatic rings. The fourth-order valence-corrected chi connectivity index (χ4v) is 14.3. The minimum Gasteiger partial charge on any atom is -0.462 e. The van der Waals surface area contributed by atoms with E-state index in [1.807, 2.05) is 0 Å². The van der Waals surface area contributed by atoms with Crippen LogP contribution in [0.25, 0.3) is 0 Å². The summed E-state index contributed by atoms with van der Waals surface area (Å²) in [5.41, 5.74) is 0. The maximum Gasteiger partial charge on any atom is 0.472 e. The molecule has 6 atom stereocenters. The molecule has 3 unspecified atom stereocenters. The van der Waals surface area contributed by atoms with E-state index in [1.165, 1.54) is 244 Å². The molecule has 0 aromatic heterocycles. The summed E-state index contributed by atoms with van der Waals surface area (Å²) in [5, 5.41) is 10.6. The first-order valence-electron chi connectivity index (χ1n) is 42.5. The summed E-state index contributed by atoms with van der Waals surface area (Å²) < 4.78 is 68.7. The Morgan fingerprint density at radius 2 is 0.505 bits per heavy atom. The van der Waals surface area contributed by atoms with Crippen molar-refractivity contribution in [2.24, 2.45) is 11.8 Å². The van der Waals surface area contributed by atoms with Crippen LogP contribution in [0.15, 0.2) is 0 Å². The first-order valence-corrected chi connectivity index (χ1v) is 45.5. The van der Waals surface area contributed by atoms with E-state index in [0.717, 1.165) is 108 Å². The topological polar surface area (TPSA) is 237 Å². The minimum absolute atomic E-state index is 0.106. The van der Waals surface area contributed by atoms with Gasteiger partial charge in [0.2, 0.25) is 0 Å². The van der Waals surface area contributed by atoms with Crippen molar-refractivity contribution < 1.29 is 80.2 Å². The van der Waals surface area contributed by atoms with Crippen molar-refractivity contribution in [1.29, 1.82) is 0 Å². The Labute approximate surface area is 619 Å². The van der Waals surface area contributed by atoms with E-state index in [-0.39, 0.29) is 25.7 Å². The number of phosphoric acid groups is 2. The highest BCUT2D eigenvalue weighted by Crippen LogP contribution is 2.45. The summed E-state index contributed by atoms with van der Waals surface area (Å²) in [4.78, 5) is 73.0. The molecule has 0 saturated carbocycles. The molecule has 0 aromatic rings. The third kappa shape index (κ3) is 74.7.